The van der Waals surface area contributed by atoms with Gasteiger partial charge in [0.05, 0.1) is 0 Å². The quantitative estimate of drug-likeness (QED) is 0.146. The number of allylic oxidation sites excluding steroid dienone is 8. The molecule has 2 aliphatic carbocycles. The lowest BCUT2D eigenvalue weighted by Gasteiger charge is -2.24. The molecule has 0 aliphatic heterocycles. The van der Waals surface area contributed by atoms with Gasteiger partial charge in [0.25, 0.3) is 0 Å². The van der Waals surface area contributed by atoms with Gasteiger partial charge in [-0.2, -0.15) is 0 Å². The van der Waals surface area contributed by atoms with E-state index in [2.05, 4.69) is 237 Å². The first-order valence-corrected chi connectivity index (χ1v) is 23.5. The molecule has 0 N–H and O–H groups in total. The lowest BCUT2D eigenvalue weighted by Crippen LogP contribution is -2.02. The van der Waals surface area contributed by atoms with E-state index in [0.29, 0.717) is 0 Å². The number of hydrogen-bond donors (Lipinski definition) is 0. The molecule has 0 saturated heterocycles. The van der Waals surface area contributed by atoms with Crippen molar-refractivity contribution < 1.29 is 0 Å². The third kappa shape index (κ3) is 6.36. The number of fused-ring (bicyclic) bond motifs is 6. The van der Waals surface area contributed by atoms with Crippen molar-refractivity contribution in [3.8, 4) is 33.4 Å². The summed E-state index contributed by atoms with van der Waals surface area (Å²) in [4.78, 5) is 0. The Morgan fingerprint density at radius 3 is 1.44 bits per heavy atom. The van der Waals surface area contributed by atoms with Crippen LogP contribution in [0, 0.1) is 0 Å². The fraction of sp³-hybridized carbons (Fsp3) is 0.0606. The predicted molar refractivity (Wildman–Crippen MR) is 285 cm³/mol. The summed E-state index contributed by atoms with van der Waals surface area (Å²) in [5.41, 5.74) is 14.2. The molecule has 11 aromatic rings. The highest BCUT2D eigenvalue weighted by Crippen LogP contribution is 2.47. The van der Waals surface area contributed by atoms with Gasteiger partial charge in [0.2, 0.25) is 0 Å². The van der Waals surface area contributed by atoms with Crippen LogP contribution in [0.1, 0.15) is 41.9 Å². The Labute approximate surface area is 385 Å². The summed E-state index contributed by atoms with van der Waals surface area (Å²) in [7, 11) is 0. The first kappa shape index (κ1) is 38.4. The van der Waals surface area contributed by atoms with Crippen LogP contribution in [-0.2, 0) is 0 Å². The zero-order valence-electron chi connectivity index (χ0n) is 36.7. The molecule has 0 aromatic heterocycles. The summed E-state index contributed by atoms with van der Waals surface area (Å²) < 4.78 is 0. The molecule has 0 heteroatoms. The molecule has 66 heavy (non-hydrogen) atoms. The van der Waals surface area contributed by atoms with Crippen LogP contribution < -0.4 is 0 Å². The summed E-state index contributed by atoms with van der Waals surface area (Å²) in [5.74, 6) is 0.258. The van der Waals surface area contributed by atoms with Crippen LogP contribution in [0.3, 0.4) is 0 Å². The summed E-state index contributed by atoms with van der Waals surface area (Å²) >= 11 is 0. The molecule has 11 aromatic carbocycles. The van der Waals surface area contributed by atoms with Gasteiger partial charge >= 0.3 is 0 Å². The molecule has 0 radical (unpaired) electrons. The van der Waals surface area contributed by atoms with E-state index in [1.807, 2.05) is 0 Å². The van der Waals surface area contributed by atoms with Crippen molar-refractivity contribution in [3.63, 3.8) is 0 Å². The van der Waals surface area contributed by atoms with Crippen LogP contribution in [0.2, 0.25) is 0 Å². The van der Waals surface area contributed by atoms with Gasteiger partial charge in [-0.1, -0.05) is 212 Å². The highest BCUT2D eigenvalue weighted by atomic mass is 14.3. The smallest absolute Gasteiger partial charge is 0.00684 e. The van der Waals surface area contributed by atoms with Crippen molar-refractivity contribution in [3.05, 3.63) is 253 Å². The van der Waals surface area contributed by atoms with Crippen molar-refractivity contribution in [1.29, 1.82) is 0 Å². The molecule has 0 bridgehead atoms. The molecule has 1 atom stereocenters. The maximum atomic E-state index is 2.48. The molecule has 0 fully saturated rings. The average molecular weight is 839 g/mol. The van der Waals surface area contributed by atoms with E-state index in [0.717, 1.165) is 19.3 Å². The zero-order chi connectivity index (χ0) is 43.6. The monoisotopic (exact) mass is 838 g/mol. The molecule has 0 heterocycles. The fourth-order valence-corrected chi connectivity index (χ4v) is 11.4. The minimum atomic E-state index is 0.258. The molecular formula is C66H46. The maximum Gasteiger partial charge on any atom is 0.00684 e. The Bertz CT molecular complexity index is 3780. The number of hydrogen-bond acceptors (Lipinski definition) is 0. The Hall–Kier alpha value is -8.06. The molecule has 1 unspecified atom stereocenters. The van der Waals surface area contributed by atoms with E-state index in [1.165, 1.54) is 126 Å². The van der Waals surface area contributed by atoms with Crippen LogP contribution in [0.4, 0.5) is 0 Å². The second-order valence-corrected chi connectivity index (χ2v) is 18.1. The van der Waals surface area contributed by atoms with E-state index in [1.54, 1.807) is 0 Å². The standard InChI is InChI=1S/C66H46/c1-3-17-44(18-4-1)63-54-23-9-11-25-56(54)65(57-26-12-10-24-55(57)63)46-33-31-43(32-34-46)62-42-52(41-50-21-7-8-22-53(50)62)49-36-35-48-40-51(38-37-47(48)39-49)66-60-29-15-13-27-58(60)64(45-19-5-2-6-20-45)59-28-14-16-30-61(59)66/h1,3-5,7-33,35-42,46H,2,6,34H2. The van der Waals surface area contributed by atoms with Crippen LogP contribution in [0.25, 0.3) is 109 Å². The molecule has 310 valence electrons. The number of benzene rings is 11. The Balaban J connectivity index is 0.877. The van der Waals surface area contributed by atoms with Crippen LogP contribution in [0.15, 0.2) is 237 Å². The van der Waals surface area contributed by atoms with Crippen LogP contribution >= 0.6 is 0 Å². The van der Waals surface area contributed by atoms with Gasteiger partial charge in [-0.15, -0.1) is 0 Å². The molecule has 2 aliphatic rings. The average Bonchev–Trinajstić information content (AvgIpc) is 3.39. The zero-order valence-corrected chi connectivity index (χ0v) is 36.7. The highest BCUT2D eigenvalue weighted by molar-refractivity contribution is 6.20. The Kier molecular flexibility index (Phi) is 9.24. The van der Waals surface area contributed by atoms with Gasteiger partial charge in [-0.3, -0.25) is 0 Å². The minimum absolute atomic E-state index is 0.258. The SMILES string of the molecule is C1=CC(c2c3ccccc3c(-c3ccc4cc(-c5cc(C6=CCC(c7c8ccccc8c(-c8ccccc8)c8ccccc78)C=C6)c6ccccc6c5)ccc4c3)c3ccccc23)=CCC1. The van der Waals surface area contributed by atoms with E-state index in [-0.39, 0.29) is 5.92 Å². The van der Waals surface area contributed by atoms with Gasteiger partial charge in [0.15, 0.2) is 0 Å². The number of rotatable bonds is 6. The van der Waals surface area contributed by atoms with Crippen molar-refractivity contribution >= 4 is 75.8 Å². The first-order chi connectivity index (χ1) is 32.7. The Morgan fingerprint density at radius 2 is 0.833 bits per heavy atom. The molecule has 0 saturated carbocycles. The summed E-state index contributed by atoms with van der Waals surface area (Å²) in [6, 6.07) is 74.6. The third-order valence-electron chi connectivity index (χ3n) is 14.4. The molecule has 13 rings (SSSR count). The minimum Gasteiger partial charge on any atom is -0.0836 e. The normalized spacial score (nSPS) is 15.0. The largest absolute Gasteiger partial charge is 0.0836 e. The molecular weight excluding hydrogens is 793 g/mol. The van der Waals surface area contributed by atoms with Gasteiger partial charge in [-0.25, -0.2) is 0 Å². The molecule has 0 amide bonds. The van der Waals surface area contributed by atoms with E-state index < -0.39 is 0 Å². The molecule has 0 spiro atoms. The highest BCUT2D eigenvalue weighted by Gasteiger charge is 2.23. The third-order valence-corrected chi connectivity index (χ3v) is 14.4. The summed E-state index contributed by atoms with van der Waals surface area (Å²) in [6.45, 7) is 0. The van der Waals surface area contributed by atoms with Crippen molar-refractivity contribution in [1.82, 2.24) is 0 Å². The van der Waals surface area contributed by atoms with Crippen molar-refractivity contribution in [2.45, 2.75) is 25.2 Å². The van der Waals surface area contributed by atoms with E-state index >= 15 is 0 Å². The first-order valence-electron chi connectivity index (χ1n) is 23.5. The van der Waals surface area contributed by atoms with E-state index in [4.69, 9.17) is 0 Å². The molecule has 0 nitrogen and oxygen atoms in total. The fourth-order valence-electron chi connectivity index (χ4n) is 11.4. The second-order valence-electron chi connectivity index (χ2n) is 18.1. The van der Waals surface area contributed by atoms with Crippen molar-refractivity contribution in [2.75, 3.05) is 0 Å². The summed E-state index contributed by atoms with van der Waals surface area (Å²) in [6.07, 6.45) is 17.5. The lowest BCUT2D eigenvalue weighted by atomic mass is 9.80. The van der Waals surface area contributed by atoms with Crippen LogP contribution in [-0.4, -0.2) is 0 Å². The van der Waals surface area contributed by atoms with Gasteiger partial charge < -0.3 is 0 Å². The maximum absolute atomic E-state index is 2.48. The lowest BCUT2D eigenvalue weighted by molar-refractivity contribution is 0.873. The second kappa shape index (κ2) is 15.9. The van der Waals surface area contributed by atoms with E-state index in [9.17, 15) is 0 Å². The topological polar surface area (TPSA) is 0 Å². The van der Waals surface area contributed by atoms with Crippen molar-refractivity contribution in [2.24, 2.45) is 0 Å². The van der Waals surface area contributed by atoms with Crippen LogP contribution in [0.5, 0.6) is 0 Å². The Morgan fingerprint density at radius 1 is 0.318 bits per heavy atom. The van der Waals surface area contributed by atoms with Gasteiger partial charge in [0.1, 0.15) is 0 Å². The van der Waals surface area contributed by atoms with Gasteiger partial charge in [-0.05, 0) is 169 Å². The predicted octanol–water partition coefficient (Wildman–Crippen LogP) is 18.5. The van der Waals surface area contributed by atoms with Gasteiger partial charge in [0, 0.05) is 5.92 Å². The summed E-state index contributed by atoms with van der Waals surface area (Å²) in [5, 5.41) is 15.5.